The first-order chi connectivity index (χ1) is 10.2. The number of carbonyl (C=O) groups excluding carboxylic acids is 1. The fourth-order valence-electron chi connectivity index (χ4n) is 2.59. The van der Waals surface area contributed by atoms with Crippen LogP contribution in [0.4, 0.5) is 4.39 Å². The first kappa shape index (κ1) is 16.3. The molecule has 1 aromatic rings. The van der Waals surface area contributed by atoms with Crippen molar-refractivity contribution in [3.05, 3.63) is 35.6 Å². The summed E-state index contributed by atoms with van der Waals surface area (Å²) in [4.78, 5) is 16.3. The molecule has 0 aliphatic carbocycles. The third-order valence-corrected chi connectivity index (χ3v) is 4.43. The second-order valence-electron chi connectivity index (χ2n) is 5.34. The Kier molecular flexibility index (Phi) is 6.51. The Hall–Kier alpha value is -1.07. The molecule has 116 valence electrons. The van der Waals surface area contributed by atoms with Crippen LogP contribution in [0, 0.1) is 5.82 Å². The van der Waals surface area contributed by atoms with Crippen molar-refractivity contribution in [2.45, 2.75) is 19.4 Å². The molecule has 5 heteroatoms. The molecule has 0 saturated carbocycles. The molecule has 0 bridgehead atoms. The van der Waals surface area contributed by atoms with Crippen molar-refractivity contribution in [2.24, 2.45) is 0 Å². The van der Waals surface area contributed by atoms with E-state index in [0.29, 0.717) is 13.0 Å². The van der Waals surface area contributed by atoms with Gasteiger partial charge in [0.15, 0.2) is 0 Å². The second kappa shape index (κ2) is 8.39. The Balaban J connectivity index is 1.86. The third kappa shape index (κ3) is 5.00. The summed E-state index contributed by atoms with van der Waals surface area (Å²) in [6.45, 7) is 3.93. The number of hydrogen-bond donors (Lipinski definition) is 0. The number of rotatable bonds is 5. The van der Waals surface area contributed by atoms with E-state index in [-0.39, 0.29) is 11.7 Å². The summed E-state index contributed by atoms with van der Waals surface area (Å²) in [5.41, 5.74) is 0.736. The van der Waals surface area contributed by atoms with Crippen molar-refractivity contribution in [1.82, 2.24) is 9.80 Å². The first-order valence-electron chi connectivity index (χ1n) is 7.43. The molecule has 1 heterocycles. The maximum atomic E-state index is 13.7. The number of thioether (sulfide) groups is 1. The van der Waals surface area contributed by atoms with Crippen molar-refractivity contribution >= 4 is 17.7 Å². The van der Waals surface area contributed by atoms with E-state index in [1.54, 1.807) is 17.8 Å². The van der Waals surface area contributed by atoms with Gasteiger partial charge in [-0.2, -0.15) is 11.8 Å². The van der Waals surface area contributed by atoms with Gasteiger partial charge in [0.05, 0.1) is 0 Å². The van der Waals surface area contributed by atoms with E-state index in [4.69, 9.17) is 0 Å². The van der Waals surface area contributed by atoms with Gasteiger partial charge >= 0.3 is 0 Å². The quantitative estimate of drug-likeness (QED) is 0.835. The van der Waals surface area contributed by atoms with Crippen LogP contribution in [0.1, 0.15) is 18.4 Å². The van der Waals surface area contributed by atoms with Crippen LogP contribution < -0.4 is 0 Å². The lowest BCUT2D eigenvalue weighted by atomic mass is 10.2. The minimum absolute atomic E-state index is 0.144. The second-order valence-corrected chi connectivity index (χ2v) is 6.33. The van der Waals surface area contributed by atoms with E-state index < -0.39 is 0 Å². The molecule has 1 aromatic carbocycles. The van der Waals surface area contributed by atoms with Crippen LogP contribution in [0.15, 0.2) is 24.3 Å². The zero-order valence-electron chi connectivity index (χ0n) is 12.6. The summed E-state index contributed by atoms with van der Waals surface area (Å²) >= 11 is 1.70. The zero-order valence-corrected chi connectivity index (χ0v) is 13.4. The average Bonchev–Trinajstić information content (AvgIpc) is 2.73. The normalized spacial score (nSPS) is 16.8. The van der Waals surface area contributed by atoms with Gasteiger partial charge in [-0.05, 0) is 18.7 Å². The van der Waals surface area contributed by atoms with Crippen LogP contribution in [-0.2, 0) is 11.3 Å². The SMILES string of the molecule is CSCCC(=O)N1CCCN(Cc2ccccc2F)CC1. The van der Waals surface area contributed by atoms with Gasteiger partial charge in [0.25, 0.3) is 0 Å². The number of hydrogen-bond acceptors (Lipinski definition) is 3. The molecule has 0 spiro atoms. The van der Waals surface area contributed by atoms with E-state index in [1.165, 1.54) is 6.07 Å². The number of amides is 1. The first-order valence-corrected chi connectivity index (χ1v) is 8.82. The van der Waals surface area contributed by atoms with Gasteiger partial charge in [0.2, 0.25) is 5.91 Å². The minimum Gasteiger partial charge on any atom is -0.341 e. The molecule has 1 fully saturated rings. The van der Waals surface area contributed by atoms with Crippen molar-refractivity contribution in [3.63, 3.8) is 0 Å². The number of carbonyl (C=O) groups is 1. The smallest absolute Gasteiger partial charge is 0.223 e. The number of nitrogens with zero attached hydrogens (tertiary/aromatic N) is 2. The molecule has 0 aromatic heterocycles. The summed E-state index contributed by atoms with van der Waals surface area (Å²) in [6.07, 6.45) is 3.60. The topological polar surface area (TPSA) is 23.6 Å². The Bertz CT molecular complexity index is 469. The predicted octanol–water partition coefficient (Wildman–Crippen LogP) is 2.61. The molecule has 21 heavy (non-hydrogen) atoms. The Morgan fingerprint density at radius 3 is 2.81 bits per heavy atom. The molecule has 0 N–H and O–H groups in total. The van der Waals surface area contributed by atoms with E-state index in [0.717, 1.165) is 43.9 Å². The van der Waals surface area contributed by atoms with E-state index in [9.17, 15) is 9.18 Å². The summed E-state index contributed by atoms with van der Waals surface area (Å²) in [6, 6.07) is 6.93. The largest absolute Gasteiger partial charge is 0.341 e. The van der Waals surface area contributed by atoms with Gasteiger partial charge < -0.3 is 4.90 Å². The van der Waals surface area contributed by atoms with Gasteiger partial charge in [-0.15, -0.1) is 0 Å². The van der Waals surface area contributed by atoms with E-state index in [2.05, 4.69) is 4.90 Å². The molecule has 2 rings (SSSR count). The lowest BCUT2D eigenvalue weighted by Crippen LogP contribution is -2.35. The fourth-order valence-corrected chi connectivity index (χ4v) is 2.97. The number of halogens is 1. The molecular weight excluding hydrogens is 287 g/mol. The van der Waals surface area contributed by atoms with E-state index >= 15 is 0 Å². The highest BCUT2D eigenvalue weighted by Crippen LogP contribution is 2.13. The van der Waals surface area contributed by atoms with Crippen LogP contribution in [0.3, 0.4) is 0 Å². The van der Waals surface area contributed by atoms with Gasteiger partial charge in [-0.1, -0.05) is 18.2 Å². The van der Waals surface area contributed by atoms with Gasteiger partial charge in [-0.25, -0.2) is 4.39 Å². The van der Waals surface area contributed by atoms with Crippen LogP contribution in [0.2, 0.25) is 0 Å². The average molecular weight is 310 g/mol. The van der Waals surface area contributed by atoms with Crippen LogP contribution in [0.5, 0.6) is 0 Å². The lowest BCUT2D eigenvalue weighted by molar-refractivity contribution is -0.130. The molecule has 1 aliphatic rings. The molecule has 1 aliphatic heterocycles. The van der Waals surface area contributed by atoms with Crippen molar-refractivity contribution in [1.29, 1.82) is 0 Å². The van der Waals surface area contributed by atoms with Crippen molar-refractivity contribution in [2.75, 3.05) is 38.2 Å². The highest BCUT2D eigenvalue weighted by atomic mass is 32.2. The standard InChI is InChI=1S/C16H23FN2OS/c1-21-12-7-16(20)19-9-4-8-18(10-11-19)13-14-5-2-3-6-15(14)17/h2-3,5-6H,4,7-13H2,1H3. The van der Waals surface area contributed by atoms with Gasteiger partial charge in [-0.3, -0.25) is 9.69 Å². The van der Waals surface area contributed by atoms with Gasteiger partial charge in [0, 0.05) is 50.5 Å². The fraction of sp³-hybridized carbons (Fsp3) is 0.562. The molecule has 0 radical (unpaired) electrons. The van der Waals surface area contributed by atoms with Crippen LogP contribution in [-0.4, -0.2) is 53.9 Å². The summed E-state index contributed by atoms with van der Waals surface area (Å²) in [5, 5.41) is 0. The van der Waals surface area contributed by atoms with Crippen LogP contribution in [0.25, 0.3) is 0 Å². The Labute approximate surface area is 130 Å². The molecule has 0 unspecified atom stereocenters. The summed E-state index contributed by atoms with van der Waals surface area (Å²) < 4.78 is 13.7. The molecule has 1 amide bonds. The Morgan fingerprint density at radius 2 is 2.05 bits per heavy atom. The maximum Gasteiger partial charge on any atom is 0.223 e. The van der Waals surface area contributed by atoms with Crippen LogP contribution >= 0.6 is 11.8 Å². The minimum atomic E-state index is -0.144. The van der Waals surface area contributed by atoms with Crippen molar-refractivity contribution < 1.29 is 9.18 Å². The van der Waals surface area contributed by atoms with Gasteiger partial charge in [0.1, 0.15) is 5.82 Å². The molecular formula is C16H23FN2OS. The molecule has 0 atom stereocenters. The van der Waals surface area contributed by atoms with Crippen molar-refractivity contribution in [3.8, 4) is 0 Å². The Morgan fingerprint density at radius 1 is 1.24 bits per heavy atom. The highest BCUT2D eigenvalue weighted by Gasteiger charge is 2.19. The monoisotopic (exact) mass is 310 g/mol. The lowest BCUT2D eigenvalue weighted by Gasteiger charge is -2.22. The summed E-state index contributed by atoms with van der Waals surface area (Å²) in [5.74, 6) is 0.987. The van der Waals surface area contributed by atoms with E-state index in [1.807, 2.05) is 23.3 Å². The zero-order chi connectivity index (χ0) is 15.1. The predicted molar refractivity (Wildman–Crippen MR) is 85.9 cm³/mol. The molecule has 1 saturated heterocycles. The highest BCUT2D eigenvalue weighted by molar-refractivity contribution is 7.98. The summed E-state index contributed by atoms with van der Waals surface area (Å²) in [7, 11) is 0. The number of benzene rings is 1. The third-order valence-electron chi connectivity index (χ3n) is 3.81. The maximum absolute atomic E-state index is 13.7. The molecule has 3 nitrogen and oxygen atoms in total.